The molecule has 0 amide bonds. The van der Waals surface area contributed by atoms with E-state index in [1.807, 2.05) is 48.5 Å². The zero-order valence-electron chi connectivity index (χ0n) is 15.6. The Morgan fingerprint density at radius 3 is 2.56 bits per heavy atom. The number of aromatic nitrogens is 2. The first kappa shape index (κ1) is 18.2. The molecule has 1 aromatic heterocycles. The number of fused-ring (bicyclic) bond motifs is 1. The Kier molecular flexibility index (Phi) is 5.28. The van der Waals surface area contributed by atoms with E-state index in [1.54, 1.807) is 4.68 Å². The first-order valence-corrected chi connectivity index (χ1v) is 9.93. The summed E-state index contributed by atoms with van der Waals surface area (Å²) in [6.07, 6.45) is 3.73. The topological polar surface area (TPSA) is 38.1 Å². The fourth-order valence-corrected chi connectivity index (χ4v) is 4.04. The van der Waals surface area contributed by atoms with E-state index in [1.165, 1.54) is 0 Å². The van der Waals surface area contributed by atoms with E-state index in [-0.39, 0.29) is 11.6 Å². The summed E-state index contributed by atoms with van der Waals surface area (Å²) in [5.41, 5.74) is 2.12. The Hall–Kier alpha value is -2.17. The van der Waals surface area contributed by atoms with Crippen molar-refractivity contribution in [2.24, 2.45) is 0 Å². The van der Waals surface area contributed by atoms with Crippen LogP contribution in [0.4, 0.5) is 0 Å². The van der Waals surface area contributed by atoms with Gasteiger partial charge in [0.15, 0.2) is 0 Å². The van der Waals surface area contributed by atoms with Gasteiger partial charge in [0.25, 0.3) is 5.56 Å². The highest BCUT2D eigenvalue weighted by atomic mass is 35.5. The summed E-state index contributed by atoms with van der Waals surface area (Å²) in [6.45, 7) is 2.08. The molecule has 3 aromatic rings. The van der Waals surface area contributed by atoms with Crippen molar-refractivity contribution in [1.82, 2.24) is 14.7 Å². The summed E-state index contributed by atoms with van der Waals surface area (Å²) in [5, 5.41) is 7.29. The molecule has 0 unspecified atom stereocenters. The average Bonchev–Trinajstić information content (AvgIpc) is 2.90. The Morgan fingerprint density at radius 2 is 1.78 bits per heavy atom. The Balaban J connectivity index is 1.79. The smallest absolute Gasteiger partial charge is 0.274 e. The minimum Gasteiger partial charge on any atom is -0.306 e. The molecular weight excluding hydrogens is 358 g/mol. The number of nitrogens with zero attached hydrogens (tertiary/aromatic N) is 3. The average molecular weight is 382 g/mol. The van der Waals surface area contributed by atoms with Crippen LogP contribution in [0.5, 0.6) is 0 Å². The van der Waals surface area contributed by atoms with Crippen molar-refractivity contribution in [1.29, 1.82) is 0 Å². The van der Waals surface area contributed by atoms with Crippen molar-refractivity contribution >= 4 is 22.4 Å². The van der Waals surface area contributed by atoms with Crippen molar-refractivity contribution in [2.75, 3.05) is 20.1 Å². The highest BCUT2D eigenvalue weighted by molar-refractivity contribution is 6.30. The van der Waals surface area contributed by atoms with E-state index >= 15 is 0 Å². The lowest BCUT2D eigenvalue weighted by molar-refractivity contribution is 0.334. The maximum Gasteiger partial charge on any atom is 0.274 e. The Morgan fingerprint density at radius 1 is 1.04 bits per heavy atom. The van der Waals surface area contributed by atoms with Crippen molar-refractivity contribution in [3.8, 4) is 0 Å². The second kappa shape index (κ2) is 7.83. The van der Waals surface area contributed by atoms with Gasteiger partial charge in [-0.2, -0.15) is 5.10 Å². The van der Waals surface area contributed by atoms with Crippen LogP contribution in [-0.4, -0.2) is 34.8 Å². The zero-order chi connectivity index (χ0) is 18.8. The number of halogens is 1. The SMILES string of the molecule is CN1CCC[C@@H](n2nc(Cc3ccc(Cl)cc3)c3ccccc3c2=O)CC1. The van der Waals surface area contributed by atoms with Gasteiger partial charge < -0.3 is 4.90 Å². The molecule has 0 aliphatic carbocycles. The molecule has 4 nitrogen and oxygen atoms in total. The van der Waals surface area contributed by atoms with Gasteiger partial charge in [0.05, 0.1) is 17.1 Å². The zero-order valence-corrected chi connectivity index (χ0v) is 16.3. The molecule has 5 heteroatoms. The fraction of sp³-hybridized carbons (Fsp3) is 0.364. The van der Waals surface area contributed by atoms with Gasteiger partial charge in [0.2, 0.25) is 0 Å². The molecule has 2 heterocycles. The van der Waals surface area contributed by atoms with Crippen LogP contribution in [0.15, 0.2) is 53.3 Å². The first-order chi connectivity index (χ1) is 13.1. The maximum absolute atomic E-state index is 13.1. The third-order valence-corrected chi connectivity index (χ3v) is 5.71. The van der Waals surface area contributed by atoms with Gasteiger partial charge in [-0.05, 0) is 63.2 Å². The molecule has 140 valence electrons. The van der Waals surface area contributed by atoms with E-state index in [2.05, 4.69) is 11.9 Å². The maximum atomic E-state index is 13.1. The molecule has 0 saturated carbocycles. The third kappa shape index (κ3) is 3.92. The van der Waals surface area contributed by atoms with Crippen molar-refractivity contribution in [3.63, 3.8) is 0 Å². The van der Waals surface area contributed by atoms with Gasteiger partial charge in [-0.1, -0.05) is 41.9 Å². The molecular formula is C22H24ClN3O. The number of hydrogen-bond acceptors (Lipinski definition) is 3. The van der Waals surface area contributed by atoms with Crippen LogP contribution in [0.25, 0.3) is 10.8 Å². The molecule has 27 heavy (non-hydrogen) atoms. The summed E-state index contributed by atoms with van der Waals surface area (Å²) in [4.78, 5) is 15.5. The van der Waals surface area contributed by atoms with E-state index in [0.29, 0.717) is 6.42 Å². The molecule has 2 aromatic carbocycles. The van der Waals surface area contributed by atoms with Gasteiger partial charge >= 0.3 is 0 Å². The lowest BCUT2D eigenvalue weighted by Crippen LogP contribution is -2.29. The van der Waals surface area contributed by atoms with Crippen LogP contribution in [0.1, 0.15) is 36.6 Å². The van der Waals surface area contributed by atoms with Gasteiger partial charge in [0, 0.05) is 16.8 Å². The summed E-state index contributed by atoms with van der Waals surface area (Å²) in [6, 6.07) is 15.8. The Bertz CT molecular complexity index is 997. The normalized spacial score (nSPS) is 18.5. The highest BCUT2D eigenvalue weighted by Gasteiger charge is 2.21. The quantitative estimate of drug-likeness (QED) is 0.679. The highest BCUT2D eigenvalue weighted by Crippen LogP contribution is 2.23. The molecule has 0 N–H and O–H groups in total. The van der Waals surface area contributed by atoms with E-state index in [0.717, 1.165) is 59.4 Å². The molecule has 0 bridgehead atoms. The summed E-state index contributed by atoms with van der Waals surface area (Å²) < 4.78 is 1.76. The minimum atomic E-state index is 0.0278. The first-order valence-electron chi connectivity index (χ1n) is 9.55. The van der Waals surface area contributed by atoms with Crippen LogP contribution in [-0.2, 0) is 6.42 Å². The van der Waals surface area contributed by atoms with Crippen LogP contribution in [0.3, 0.4) is 0 Å². The van der Waals surface area contributed by atoms with Crippen LogP contribution in [0.2, 0.25) is 5.02 Å². The number of rotatable bonds is 3. The van der Waals surface area contributed by atoms with Crippen LogP contribution < -0.4 is 5.56 Å². The lowest BCUT2D eigenvalue weighted by Gasteiger charge is -2.19. The molecule has 1 atom stereocenters. The van der Waals surface area contributed by atoms with Crippen molar-refractivity contribution in [2.45, 2.75) is 31.7 Å². The molecule has 1 saturated heterocycles. The van der Waals surface area contributed by atoms with E-state index < -0.39 is 0 Å². The number of likely N-dealkylation sites (tertiary alicyclic amines) is 1. The van der Waals surface area contributed by atoms with E-state index in [4.69, 9.17) is 16.7 Å². The van der Waals surface area contributed by atoms with E-state index in [9.17, 15) is 4.79 Å². The van der Waals surface area contributed by atoms with Gasteiger partial charge in [-0.3, -0.25) is 4.79 Å². The van der Waals surface area contributed by atoms with Crippen LogP contribution >= 0.6 is 11.6 Å². The van der Waals surface area contributed by atoms with Gasteiger partial charge in [-0.15, -0.1) is 0 Å². The monoisotopic (exact) mass is 381 g/mol. The second-order valence-corrected chi connectivity index (χ2v) is 7.87. The molecule has 0 radical (unpaired) electrons. The fourth-order valence-electron chi connectivity index (χ4n) is 3.91. The standard InChI is InChI=1S/C22H24ClN3O/c1-25-13-4-5-18(12-14-25)26-22(27)20-7-3-2-6-19(20)21(24-26)15-16-8-10-17(23)11-9-16/h2-3,6-11,18H,4-5,12-15H2,1H3/t18-/m1/s1. The second-order valence-electron chi connectivity index (χ2n) is 7.43. The molecule has 0 spiro atoms. The summed E-state index contributed by atoms with van der Waals surface area (Å²) in [7, 11) is 2.14. The third-order valence-electron chi connectivity index (χ3n) is 5.46. The number of benzene rings is 2. The van der Waals surface area contributed by atoms with Gasteiger partial charge in [-0.25, -0.2) is 4.68 Å². The van der Waals surface area contributed by atoms with Gasteiger partial charge in [0.1, 0.15) is 0 Å². The molecule has 1 aliphatic rings. The van der Waals surface area contributed by atoms with Crippen molar-refractivity contribution in [3.05, 3.63) is 75.2 Å². The summed E-state index contributed by atoms with van der Waals surface area (Å²) >= 11 is 6.02. The largest absolute Gasteiger partial charge is 0.306 e. The summed E-state index contributed by atoms with van der Waals surface area (Å²) in [5.74, 6) is 0. The van der Waals surface area contributed by atoms with Crippen LogP contribution in [0, 0.1) is 0 Å². The lowest BCUT2D eigenvalue weighted by atomic mass is 10.0. The number of hydrogen-bond donors (Lipinski definition) is 0. The molecule has 1 fully saturated rings. The van der Waals surface area contributed by atoms with Crippen molar-refractivity contribution < 1.29 is 0 Å². The molecule has 1 aliphatic heterocycles. The predicted molar refractivity (Wildman–Crippen MR) is 111 cm³/mol. The predicted octanol–water partition coefficient (Wildman–Crippen LogP) is 4.30. The minimum absolute atomic E-state index is 0.0278. The molecule has 4 rings (SSSR count). The Labute approximate surface area is 164 Å².